The molecule has 1 aromatic rings. The van der Waals surface area contributed by atoms with E-state index in [1.807, 2.05) is 38.1 Å². The minimum Gasteiger partial charge on any atom is -0.354 e. The highest BCUT2D eigenvalue weighted by molar-refractivity contribution is 6.30. The smallest absolute Gasteiger partial charge is 0.230 e. The molecule has 1 aliphatic carbocycles. The Hall–Kier alpha value is -1.55. The Bertz CT molecular complexity index is 549. The molecular formula is C18H25ClN2O2. The van der Waals surface area contributed by atoms with E-state index < -0.39 is 5.41 Å². The molecule has 0 radical (unpaired) electrons. The number of carbonyl (C=O) groups excluding carboxylic acids is 2. The number of rotatable bonds is 6. The summed E-state index contributed by atoms with van der Waals surface area (Å²) in [5.41, 5.74) is 0.579. The van der Waals surface area contributed by atoms with E-state index in [9.17, 15) is 9.59 Å². The van der Waals surface area contributed by atoms with Gasteiger partial charge in [0.1, 0.15) is 0 Å². The second-order valence-electron chi connectivity index (χ2n) is 6.50. The van der Waals surface area contributed by atoms with Gasteiger partial charge in [-0.05, 0) is 30.5 Å². The quantitative estimate of drug-likeness (QED) is 0.784. The number of amides is 2. The molecule has 2 amide bonds. The van der Waals surface area contributed by atoms with Crippen LogP contribution in [0, 0.1) is 5.92 Å². The molecule has 0 spiro atoms. The third kappa shape index (κ3) is 4.25. The van der Waals surface area contributed by atoms with E-state index in [1.165, 1.54) is 0 Å². The first kappa shape index (κ1) is 17.8. The van der Waals surface area contributed by atoms with Gasteiger partial charge in [-0.15, -0.1) is 0 Å². The topological polar surface area (TPSA) is 58.2 Å². The van der Waals surface area contributed by atoms with Gasteiger partial charge in [-0.2, -0.15) is 0 Å². The summed E-state index contributed by atoms with van der Waals surface area (Å²) in [5, 5.41) is 6.48. The lowest BCUT2D eigenvalue weighted by atomic mass is 9.78. The second-order valence-corrected chi connectivity index (χ2v) is 6.93. The van der Waals surface area contributed by atoms with Crippen molar-refractivity contribution in [2.45, 2.75) is 44.9 Å². The lowest BCUT2D eigenvalue weighted by molar-refractivity contribution is -0.127. The number of carbonyl (C=O) groups is 2. The summed E-state index contributed by atoms with van der Waals surface area (Å²) in [4.78, 5) is 24.3. The van der Waals surface area contributed by atoms with Gasteiger partial charge < -0.3 is 10.6 Å². The predicted molar refractivity (Wildman–Crippen MR) is 92.5 cm³/mol. The monoisotopic (exact) mass is 336 g/mol. The van der Waals surface area contributed by atoms with Crippen LogP contribution in [0.1, 0.15) is 45.1 Å². The second kappa shape index (κ2) is 7.82. The summed E-state index contributed by atoms with van der Waals surface area (Å²) in [7, 11) is 0. The highest BCUT2D eigenvalue weighted by atomic mass is 35.5. The largest absolute Gasteiger partial charge is 0.354 e. The summed E-state index contributed by atoms with van der Waals surface area (Å²) in [6.45, 7) is 4.61. The fraction of sp³-hybridized carbons (Fsp3) is 0.556. The van der Waals surface area contributed by atoms with Gasteiger partial charge in [0.05, 0.1) is 5.41 Å². The van der Waals surface area contributed by atoms with Crippen LogP contribution in [0.3, 0.4) is 0 Å². The van der Waals surface area contributed by atoms with E-state index >= 15 is 0 Å². The first-order chi connectivity index (χ1) is 11.0. The van der Waals surface area contributed by atoms with Crippen LogP contribution in [0.4, 0.5) is 0 Å². The Labute approximate surface area is 143 Å². The summed E-state index contributed by atoms with van der Waals surface area (Å²) < 4.78 is 0. The molecule has 0 saturated heterocycles. The van der Waals surface area contributed by atoms with Crippen LogP contribution >= 0.6 is 11.6 Å². The third-order valence-corrected chi connectivity index (χ3v) is 4.77. The van der Waals surface area contributed by atoms with E-state index in [2.05, 4.69) is 10.6 Å². The Morgan fingerprint density at radius 1 is 1.09 bits per heavy atom. The number of halogens is 1. The van der Waals surface area contributed by atoms with E-state index in [-0.39, 0.29) is 17.7 Å². The maximum absolute atomic E-state index is 12.8. The standard InChI is InChI=1S/C18H25ClN2O2/c1-13(2)16(22)20-11-12-21-17(23)18(9-3-4-10-18)14-5-7-15(19)8-6-14/h5-8,13H,3-4,9-12H2,1-2H3,(H,20,22)(H,21,23). The molecule has 0 atom stereocenters. The van der Waals surface area contributed by atoms with Gasteiger partial charge in [0.2, 0.25) is 11.8 Å². The van der Waals surface area contributed by atoms with E-state index in [4.69, 9.17) is 11.6 Å². The molecule has 0 heterocycles. The number of hydrogen-bond acceptors (Lipinski definition) is 2. The first-order valence-electron chi connectivity index (χ1n) is 8.28. The zero-order valence-electron chi connectivity index (χ0n) is 13.8. The van der Waals surface area contributed by atoms with Crippen LogP contribution in [0.5, 0.6) is 0 Å². The van der Waals surface area contributed by atoms with Crippen LogP contribution < -0.4 is 10.6 Å². The van der Waals surface area contributed by atoms with Crippen molar-refractivity contribution < 1.29 is 9.59 Å². The highest BCUT2D eigenvalue weighted by Gasteiger charge is 2.42. The molecule has 0 unspecified atom stereocenters. The van der Waals surface area contributed by atoms with Crippen molar-refractivity contribution in [3.05, 3.63) is 34.9 Å². The molecule has 1 aromatic carbocycles. The SMILES string of the molecule is CC(C)C(=O)NCCNC(=O)C1(c2ccc(Cl)cc2)CCCC1. The molecule has 1 fully saturated rings. The Morgan fingerprint density at radius 2 is 1.65 bits per heavy atom. The van der Waals surface area contributed by atoms with Gasteiger partial charge in [0.25, 0.3) is 0 Å². The predicted octanol–water partition coefficient (Wildman–Crippen LogP) is 3.04. The molecule has 2 rings (SSSR count). The third-order valence-electron chi connectivity index (χ3n) is 4.52. The fourth-order valence-corrected chi connectivity index (χ4v) is 3.26. The van der Waals surface area contributed by atoms with Crippen molar-refractivity contribution in [2.75, 3.05) is 13.1 Å². The molecule has 1 aliphatic rings. The number of nitrogens with one attached hydrogen (secondary N) is 2. The molecule has 4 nitrogen and oxygen atoms in total. The Balaban J connectivity index is 1.97. The lowest BCUT2D eigenvalue weighted by Gasteiger charge is -2.28. The number of hydrogen-bond donors (Lipinski definition) is 2. The fourth-order valence-electron chi connectivity index (χ4n) is 3.13. The maximum atomic E-state index is 12.8. The van der Waals surface area contributed by atoms with Crippen molar-refractivity contribution in [1.29, 1.82) is 0 Å². The minimum atomic E-state index is -0.452. The normalized spacial score (nSPS) is 16.3. The van der Waals surface area contributed by atoms with Crippen LogP contribution in [-0.2, 0) is 15.0 Å². The molecule has 1 saturated carbocycles. The molecule has 2 N–H and O–H groups in total. The lowest BCUT2D eigenvalue weighted by Crippen LogP contribution is -2.45. The molecule has 0 aromatic heterocycles. The zero-order chi connectivity index (χ0) is 16.9. The molecule has 126 valence electrons. The minimum absolute atomic E-state index is 0.00697. The van der Waals surface area contributed by atoms with Crippen molar-refractivity contribution in [3.63, 3.8) is 0 Å². The van der Waals surface area contributed by atoms with Crippen LogP contribution in [0.2, 0.25) is 5.02 Å². The van der Waals surface area contributed by atoms with Gasteiger partial charge in [0.15, 0.2) is 0 Å². The van der Waals surface area contributed by atoms with E-state index in [0.717, 1.165) is 31.2 Å². The van der Waals surface area contributed by atoms with Crippen LogP contribution in [0.15, 0.2) is 24.3 Å². The van der Waals surface area contributed by atoms with E-state index in [0.29, 0.717) is 18.1 Å². The van der Waals surface area contributed by atoms with Gasteiger partial charge in [-0.25, -0.2) is 0 Å². The molecule has 0 bridgehead atoms. The molecule has 0 aliphatic heterocycles. The van der Waals surface area contributed by atoms with E-state index in [1.54, 1.807) is 0 Å². The Morgan fingerprint density at radius 3 is 2.22 bits per heavy atom. The average molecular weight is 337 g/mol. The maximum Gasteiger partial charge on any atom is 0.230 e. The van der Waals surface area contributed by atoms with Crippen molar-refractivity contribution in [3.8, 4) is 0 Å². The van der Waals surface area contributed by atoms with Gasteiger partial charge in [-0.3, -0.25) is 9.59 Å². The highest BCUT2D eigenvalue weighted by Crippen LogP contribution is 2.41. The number of benzene rings is 1. The summed E-state index contributed by atoms with van der Waals surface area (Å²) in [5.74, 6) is 0.0181. The van der Waals surface area contributed by atoms with Gasteiger partial charge in [-0.1, -0.05) is 50.4 Å². The molecule has 5 heteroatoms. The van der Waals surface area contributed by atoms with Gasteiger partial charge >= 0.3 is 0 Å². The molecule has 23 heavy (non-hydrogen) atoms. The van der Waals surface area contributed by atoms with Crippen molar-refractivity contribution in [1.82, 2.24) is 10.6 Å². The van der Waals surface area contributed by atoms with Crippen molar-refractivity contribution in [2.24, 2.45) is 5.92 Å². The first-order valence-corrected chi connectivity index (χ1v) is 8.65. The van der Waals surface area contributed by atoms with Crippen LogP contribution in [-0.4, -0.2) is 24.9 Å². The molecular weight excluding hydrogens is 312 g/mol. The summed E-state index contributed by atoms with van der Waals surface area (Å²) >= 11 is 5.96. The van der Waals surface area contributed by atoms with Gasteiger partial charge in [0, 0.05) is 24.0 Å². The summed E-state index contributed by atoms with van der Waals surface area (Å²) in [6, 6.07) is 7.59. The summed E-state index contributed by atoms with van der Waals surface area (Å²) in [6.07, 6.45) is 3.83. The average Bonchev–Trinajstić information content (AvgIpc) is 3.02. The van der Waals surface area contributed by atoms with Crippen molar-refractivity contribution >= 4 is 23.4 Å². The Kier molecular flexibility index (Phi) is 6.05. The van der Waals surface area contributed by atoms with Crippen LogP contribution in [0.25, 0.3) is 0 Å². The zero-order valence-corrected chi connectivity index (χ0v) is 14.6.